The second kappa shape index (κ2) is 3.29. The van der Waals surface area contributed by atoms with Gasteiger partial charge in [0.15, 0.2) is 5.84 Å². The molecule has 0 radical (unpaired) electrons. The molecule has 1 atom stereocenters. The molecule has 5 N–H and O–H groups in total. The highest BCUT2D eigenvalue weighted by Gasteiger charge is 2.30. The molecule has 0 aromatic heterocycles. The van der Waals surface area contributed by atoms with Crippen LogP contribution in [0.2, 0.25) is 0 Å². The van der Waals surface area contributed by atoms with E-state index in [1.807, 2.05) is 0 Å². The van der Waals surface area contributed by atoms with E-state index in [2.05, 4.69) is 5.16 Å². The van der Waals surface area contributed by atoms with Crippen LogP contribution in [0.15, 0.2) is 5.16 Å². The monoisotopic (exact) mass is 172 g/mol. The first kappa shape index (κ1) is 8.63. The van der Waals surface area contributed by atoms with Gasteiger partial charge in [0.25, 0.3) is 0 Å². The fraction of sp³-hybridized carbons (Fsp3) is 0.667. The van der Waals surface area contributed by atoms with E-state index in [9.17, 15) is 4.79 Å². The van der Waals surface area contributed by atoms with E-state index in [1.165, 1.54) is 4.90 Å². The van der Waals surface area contributed by atoms with Crippen LogP contribution in [-0.4, -0.2) is 34.6 Å². The van der Waals surface area contributed by atoms with Gasteiger partial charge in [0.1, 0.15) is 0 Å². The molecule has 1 unspecified atom stereocenters. The van der Waals surface area contributed by atoms with E-state index in [0.29, 0.717) is 13.0 Å². The standard InChI is InChI=1S/C6H12N4O2/c7-5(9-12)4-2-1-3-10(4)6(8)11/h4,12H,1-3H2,(H2,7,9)(H2,8,11). The van der Waals surface area contributed by atoms with Gasteiger partial charge in [0, 0.05) is 6.54 Å². The second-order valence-corrected chi connectivity index (χ2v) is 2.71. The number of likely N-dealkylation sites (tertiary alicyclic amines) is 1. The number of hydrogen-bond acceptors (Lipinski definition) is 3. The molecule has 1 fully saturated rings. The van der Waals surface area contributed by atoms with Crippen molar-refractivity contribution in [3.8, 4) is 0 Å². The predicted molar refractivity (Wildman–Crippen MR) is 42.7 cm³/mol. The van der Waals surface area contributed by atoms with Gasteiger partial charge >= 0.3 is 6.03 Å². The van der Waals surface area contributed by atoms with Crippen molar-refractivity contribution in [3.05, 3.63) is 0 Å². The van der Waals surface area contributed by atoms with E-state index in [4.69, 9.17) is 16.7 Å². The normalized spacial score (nSPS) is 24.5. The summed E-state index contributed by atoms with van der Waals surface area (Å²) in [7, 11) is 0. The van der Waals surface area contributed by atoms with Crippen LogP contribution < -0.4 is 11.5 Å². The summed E-state index contributed by atoms with van der Waals surface area (Å²) in [5.74, 6) is 0.0475. The largest absolute Gasteiger partial charge is 0.409 e. The van der Waals surface area contributed by atoms with Gasteiger partial charge in [-0.2, -0.15) is 0 Å². The Bertz CT molecular complexity index is 216. The first-order valence-corrected chi connectivity index (χ1v) is 3.70. The van der Waals surface area contributed by atoms with Crippen molar-refractivity contribution in [1.29, 1.82) is 0 Å². The summed E-state index contributed by atoms with van der Waals surface area (Å²) in [6.45, 7) is 0.580. The molecule has 6 heteroatoms. The predicted octanol–water partition coefficient (Wildman–Crippen LogP) is -0.724. The number of amidine groups is 1. The third kappa shape index (κ3) is 1.41. The fourth-order valence-corrected chi connectivity index (χ4v) is 1.40. The maximum absolute atomic E-state index is 10.8. The Balaban J connectivity index is 2.70. The van der Waals surface area contributed by atoms with E-state index in [1.54, 1.807) is 0 Å². The van der Waals surface area contributed by atoms with Gasteiger partial charge in [-0.25, -0.2) is 4.79 Å². The average molecular weight is 172 g/mol. The molecule has 1 aliphatic heterocycles. The van der Waals surface area contributed by atoms with E-state index < -0.39 is 6.03 Å². The Kier molecular flexibility index (Phi) is 2.37. The van der Waals surface area contributed by atoms with E-state index >= 15 is 0 Å². The van der Waals surface area contributed by atoms with Gasteiger partial charge in [-0.15, -0.1) is 0 Å². The smallest absolute Gasteiger partial charge is 0.315 e. The van der Waals surface area contributed by atoms with Crippen LogP contribution in [0.3, 0.4) is 0 Å². The lowest BCUT2D eigenvalue weighted by Crippen LogP contribution is -2.46. The third-order valence-corrected chi connectivity index (χ3v) is 1.99. The van der Waals surface area contributed by atoms with Crippen LogP contribution in [0.5, 0.6) is 0 Å². The summed E-state index contributed by atoms with van der Waals surface area (Å²) < 4.78 is 0. The van der Waals surface area contributed by atoms with Gasteiger partial charge in [-0.3, -0.25) is 0 Å². The molecule has 1 rings (SSSR count). The molecule has 12 heavy (non-hydrogen) atoms. The Morgan fingerprint density at radius 3 is 2.75 bits per heavy atom. The van der Waals surface area contributed by atoms with Crippen molar-refractivity contribution < 1.29 is 10.0 Å². The van der Waals surface area contributed by atoms with Gasteiger partial charge in [-0.1, -0.05) is 5.16 Å². The lowest BCUT2D eigenvalue weighted by molar-refractivity contribution is 0.211. The molecule has 0 saturated carbocycles. The molecule has 0 spiro atoms. The van der Waals surface area contributed by atoms with Gasteiger partial charge in [0.2, 0.25) is 0 Å². The molecule has 1 aliphatic rings. The highest BCUT2D eigenvalue weighted by Crippen LogP contribution is 2.16. The number of nitrogens with two attached hydrogens (primary N) is 2. The minimum Gasteiger partial charge on any atom is -0.409 e. The molecule has 2 amide bonds. The molecule has 68 valence electrons. The molecule has 1 saturated heterocycles. The zero-order valence-corrected chi connectivity index (χ0v) is 6.60. The van der Waals surface area contributed by atoms with Crippen molar-refractivity contribution in [3.63, 3.8) is 0 Å². The van der Waals surface area contributed by atoms with Crippen molar-refractivity contribution >= 4 is 11.9 Å². The zero-order valence-electron chi connectivity index (χ0n) is 6.60. The lowest BCUT2D eigenvalue weighted by Gasteiger charge is -2.20. The summed E-state index contributed by atoms with van der Waals surface area (Å²) in [5, 5.41) is 11.2. The molecule has 0 aromatic carbocycles. The van der Waals surface area contributed by atoms with Crippen molar-refractivity contribution in [2.24, 2.45) is 16.6 Å². The Morgan fingerprint density at radius 1 is 1.58 bits per heavy atom. The summed E-state index contributed by atoms with van der Waals surface area (Å²) in [6, 6.07) is -0.850. The minimum atomic E-state index is -0.524. The number of carbonyl (C=O) groups is 1. The number of amides is 2. The van der Waals surface area contributed by atoms with Crippen LogP contribution in [0.4, 0.5) is 4.79 Å². The number of carbonyl (C=O) groups excluding carboxylic acids is 1. The van der Waals surface area contributed by atoms with Crippen molar-refractivity contribution in [1.82, 2.24) is 4.90 Å². The number of nitrogens with zero attached hydrogens (tertiary/aromatic N) is 2. The van der Waals surface area contributed by atoms with Crippen LogP contribution in [-0.2, 0) is 0 Å². The topological polar surface area (TPSA) is 105 Å². The average Bonchev–Trinajstić information content (AvgIpc) is 2.50. The van der Waals surface area contributed by atoms with Crippen LogP contribution in [0.25, 0.3) is 0 Å². The lowest BCUT2D eigenvalue weighted by atomic mass is 10.2. The number of oxime groups is 1. The van der Waals surface area contributed by atoms with E-state index in [-0.39, 0.29) is 11.9 Å². The highest BCUT2D eigenvalue weighted by molar-refractivity contribution is 5.89. The minimum absolute atomic E-state index is 0.0475. The SMILES string of the molecule is NC(=O)N1CCCC1C(N)=NO. The molecular weight excluding hydrogens is 160 g/mol. The third-order valence-electron chi connectivity index (χ3n) is 1.99. The molecule has 1 heterocycles. The molecule has 0 bridgehead atoms. The van der Waals surface area contributed by atoms with Crippen molar-refractivity contribution in [2.45, 2.75) is 18.9 Å². The fourth-order valence-electron chi connectivity index (χ4n) is 1.40. The highest BCUT2D eigenvalue weighted by atomic mass is 16.4. The number of hydrogen-bond donors (Lipinski definition) is 3. The van der Waals surface area contributed by atoms with E-state index in [0.717, 1.165) is 6.42 Å². The van der Waals surface area contributed by atoms with Crippen molar-refractivity contribution in [2.75, 3.05) is 6.54 Å². The summed E-state index contributed by atoms with van der Waals surface area (Å²) in [4.78, 5) is 12.2. The van der Waals surface area contributed by atoms with Crippen LogP contribution in [0.1, 0.15) is 12.8 Å². The van der Waals surface area contributed by atoms with Gasteiger partial charge < -0.3 is 21.6 Å². The summed E-state index contributed by atoms with van der Waals surface area (Å²) in [6.07, 6.45) is 1.54. The number of rotatable bonds is 1. The molecule has 0 aromatic rings. The summed E-state index contributed by atoms with van der Waals surface area (Å²) in [5.41, 5.74) is 10.4. The first-order chi connectivity index (χ1) is 5.66. The first-order valence-electron chi connectivity index (χ1n) is 3.70. The number of urea groups is 1. The maximum Gasteiger partial charge on any atom is 0.315 e. The molecular formula is C6H12N4O2. The summed E-state index contributed by atoms with van der Waals surface area (Å²) >= 11 is 0. The van der Waals surface area contributed by atoms with Crippen LogP contribution in [0, 0.1) is 0 Å². The second-order valence-electron chi connectivity index (χ2n) is 2.71. The zero-order chi connectivity index (χ0) is 9.14. The Hall–Kier alpha value is -1.46. The maximum atomic E-state index is 10.8. The molecule has 6 nitrogen and oxygen atoms in total. The van der Waals surface area contributed by atoms with Crippen LogP contribution >= 0.6 is 0 Å². The molecule has 0 aliphatic carbocycles. The number of primary amides is 1. The quantitative estimate of drug-likeness (QED) is 0.210. The van der Waals surface area contributed by atoms with Gasteiger partial charge in [0.05, 0.1) is 6.04 Å². The Morgan fingerprint density at radius 2 is 2.25 bits per heavy atom. The Labute approximate surface area is 69.8 Å². The van der Waals surface area contributed by atoms with Gasteiger partial charge in [-0.05, 0) is 12.8 Å².